The maximum atomic E-state index is 6.31. The highest BCUT2D eigenvalue weighted by molar-refractivity contribution is 5.78. The lowest BCUT2D eigenvalue weighted by Gasteiger charge is -2.44. The first-order valence-corrected chi connectivity index (χ1v) is 9.82. The first-order chi connectivity index (χ1) is 12.8. The molecule has 2 atom stereocenters. The van der Waals surface area contributed by atoms with E-state index in [1.807, 2.05) is 6.07 Å². The summed E-state index contributed by atoms with van der Waals surface area (Å²) in [6.45, 7) is 14.6. The van der Waals surface area contributed by atoms with E-state index < -0.39 is 0 Å². The Kier molecular flexibility index (Phi) is 6.16. The minimum Gasteiger partial charge on any atom is -0.373 e. The molecule has 3 rings (SSSR count). The topological polar surface area (TPSA) is 83.1 Å². The molecule has 2 fully saturated rings. The molecule has 2 saturated heterocycles. The number of aliphatic imine (C=N–C) groups is 1. The van der Waals surface area contributed by atoms with Crippen LogP contribution in [0.3, 0.4) is 0 Å². The fraction of sp³-hybridized carbons (Fsp3) is 0.737. The number of nitrogens with zero attached hydrogens (tertiary/aromatic N) is 6. The molecular formula is C19H33N7O. The van der Waals surface area contributed by atoms with Crippen molar-refractivity contribution < 1.29 is 4.74 Å². The summed E-state index contributed by atoms with van der Waals surface area (Å²) in [5.41, 5.74) is 6.26. The zero-order chi connectivity index (χ0) is 19.4. The van der Waals surface area contributed by atoms with Crippen molar-refractivity contribution in [3.8, 4) is 0 Å². The number of aromatic nitrogens is 2. The van der Waals surface area contributed by atoms with Gasteiger partial charge in [0.05, 0.1) is 18.8 Å². The van der Waals surface area contributed by atoms with Crippen molar-refractivity contribution in [1.29, 1.82) is 0 Å². The molecule has 8 heteroatoms. The second-order valence-electron chi connectivity index (χ2n) is 8.17. The van der Waals surface area contributed by atoms with E-state index in [-0.39, 0.29) is 17.7 Å². The molecule has 1 aromatic heterocycles. The van der Waals surface area contributed by atoms with Gasteiger partial charge in [-0.05, 0) is 33.8 Å². The molecule has 0 aliphatic carbocycles. The van der Waals surface area contributed by atoms with Gasteiger partial charge >= 0.3 is 0 Å². The van der Waals surface area contributed by atoms with E-state index in [1.54, 1.807) is 12.4 Å². The summed E-state index contributed by atoms with van der Waals surface area (Å²) in [6, 6.07) is 1.84. The minimum atomic E-state index is -0.0450. The number of nitrogens with two attached hydrogens (primary N) is 1. The van der Waals surface area contributed by atoms with E-state index in [0.717, 1.165) is 45.2 Å². The monoisotopic (exact) mass is 375 g/mol. The fourth-order valence-electron chi connectivity index (χ4n) is 3.74. The second kappa shape index (κ2) is 8.39. The quantitative estimate of drug-likeness (QED) is 0.616. The molecule has 0 radical (unpaired) electrons. The molecule has 3 heterocycles. The summed E-state index contributed by atoms with van der Waals surface area (Å²) in [7, 11) is 0. The van der Waals surface area contributed by atoms with Gasteiger partial charge in [0.1, 0.15) is 0 Å². The average molecular weight is 376 g/mol. The number of morpholine rings is 1. The predicted molar refractivity (Wildman–Crippen MR) is 108 cm³/mol. The predicted octanol–water partition coefficient (Wildman–Crippen LogP) is 0.801. The van der Waals surface area contributed by atoms with Crippen molar-refractivity contribution in [3.63, 3.8) is 0 Å². The summed E-state index contributed by atoms with van der Waals surface area (Å²) >= 11 is 0. The molecule has 0 bridgehead atoms. The zero-order valence-corrected chi connectivity index (χ0v) is 17.0. The molecule has 2 aliphatic rings. The molecule has 1 aromatic rings. The van der Waals surface area contributed by atoms with Gasteiger partial charge < -0.3 is 20.3 Å². The maximum Gasteiger partial charge on any atom is 0.225 e. The Morgan fingerprint density at radius 1 is 1.15 bits per heavy atom. The van der Waals surface area contributed by atoms with Crippen LogP contribution in [0.5, 0.6) is 0 Å². The van der Waals surface area contributed by atoms with E-state index in [0.29, 0.717) is 12.5 Å². The van der Waals surface area contributed by atoms with Gasteiger partial charge in [-0.2, -0.15) is 0 Å². The Morgan fingerprint density at radius 2 is 1.74 bits per heavy atom. The third kappa shape index (κ3) is 5.07. The number of hydrogen-bond donors (Lipinski definition) is 1. The SMILES string of the molecule is CC1CN(C(C)(C)CN=C(N)N2CCN(c3ncccn3)CC2)CC(C)O1. The van der Waals surface area contributed by atoms with Crippen LogP contribution in [0.4, 0.5) is 5.95 Å². The van der Waals surface area contributed by atoms with Gasteiger partial charge in [0.25, 0.3) is 0 Å². The largest absolute Gasteiger partial charge is 0.373 e. The van der Waals surface area contributed by atoms with E-state index in [9.17, 15) is 0 Å². The smallest absolute Gasteiger partial charge is 0.225 e. The second-order valence-corrected chi connectivity index (χ2v) is 8.17. The van der Waals surface area contributed by atoms with E-state index in [2.05, 4.69) is 52.4 Å². The minimum absolute atomic E-state index is 0.0450. The van der Waals surface area contributed by atoms with Crippen molar-refractivity contribution in [3.05, 3.63) is 18.5 Å². The van der Waals surface area contributed by atoms with Gasteiger partial charge in [-0.25, -0.2) is 9.97 Å². The summed E-state index contributed by atoms with van der Waals surface area (Å²) in [4.78, 5) is 20.2. The fourth-order valence-corrected chi connectivity index (χ4v) is 3.74. The molecule has 150 valence electrons. The molecule has 2 unspecified atom stereocenters. The number of hydrogen-bond acceptors (Lipinski definition) is 6. The highest BCUT2D eigenvalue weighted by Crippen LogP contribution is 2.21. The lowest BCUT2D eigenvalue weighted by molar-refractivity contribution is -0.0939. The maximum absolute atomic E-state index is 6.31. The van der Waals surface area contributed by atoms with Crippen LogP contribution in [0.1, 0.15) is 27.7 Å². The molecule has 0 spiro atoms. The first kappa shape index (κ1) is 19.8. The van der Waals surface area contributed by atoms with Gasteiger partial charge in [-0.15, -0.1) is 0 Å². The average Bonchev–Trinajstić information content (AvgIpc) is 2.66. The van der Waals surface area contributed by atoms with Crippen LogP contribution in [0.15, 0.2) is 23.5 Å². The molecule has 8 nitrogen and oxygen atoms in total. The van der Waals surface area contributed by atoms with E-state index >= 15 is 0 Å². The Morgan fingerprint density at radius 3 is 2.33 bits per heavy atom. The standard InChI is InChI=1S/C19H33N7O/c1-15-12-26(13-16(2)27-15)19(3,4)14-23-17(20)24-8-10-25(11-9-24)18-21-6-5-7-22-18/h5-7,15-16H,8-14H2,1-4H3,(H2,20,23). The normalized spacial score (nSPS) is 25.7. The number of ether oxygens (including phenoxy) is 1. The highest BCUT2D eigenvalue weighted by atomic mass is 16.5. The summed E-state index contributed by atoms with van der Waals surface area (Å²) in [5.74, 6) is 1.41. The van der Waals surface area contributed by atoms with Crippen LogP contribution in [-0.4, -0.2) is 89.3 Å². The molecule has 2 N–H and O–H groups in total. The number of guanidine groups is 1. The van der Waals surface area contributed by atoms with Crippen molar-refractivity contribution in [1.82, 2.24) is 19.8 Å². The summed E-state index contributed by atoms with van der Waals surface area (Å²) in [5, 5.41) is 0. The van der Waals surface area contributed by atoms with E-state index in [4.69, 9.17) is 15.5 Å². The van der Waals surface area contributed by atoms with Crippen LogP contribution in [0.25, 0.3) is 0 Å². The molecule has 0 aromatic carbocycles. The van der Waals surface area contributed by atoms with Crippen molar-refractivity contribution in [2.45, 2.75) is 45.4 Å². The van der Waals surface area contributed by atoms with Gasteiger partial charge in [-0.3, -0.25) is 9.89 Å². The van der Waals surface area contributed by atoms with Crippen molar-refractivity contribution in [2.24, 2.45) is 10.7 Å². The molecule has 27 heavy (non-hydrogen) atoms. The van der Waals surface area contributed by atoms with E-state index in [1.165, 1.54) is 0 Å². The van der Waals surface area contributed by atoms with Gasteiger partial charge in [-0.1, -0.05) is 0 Å². The van der Waals surface area contributed by atoms with Crippen LogP contribution in [0, 0.1) is 0 Å². The lowest BCUT2D eigenvalue weighted by atomic mass is 10.0. The molecule has 0 amide bonds. The Hall–Kier alpha value is -1.93. The van der Waals surface area contributed by atoms with Crippen molar-refractivity contribution >= 4 is 11.9 Å². The molecule has 0 saturated carbocycles. The third-order valence-electron chi connectivity index (χ3n) is 5.34. The number of rotatable bonds is 4. The van der Waals surface area contributed by atoms with Crippen LogP contribution < -0.4 is 10.6 Å². The lowest BCUT2D eigenvalue weighted by Crippen LogP contribution is -2.56. The van der Waals surface area contributed by atoms with Crippen LogP contribution >= 0.6 is 0 Å². The van der Waals surface area contributed by atoms with Crippen LogP contribution in [-0.2, 0) is 4.74 Å². The number of piperazine rings is 1. The Balaban J connectivity index is 1.53. The zero-order valence-electron chi connectivity index (χ0n) is 17.0. The third-order valence-corrected chi connectivity index (χ3v) is 5.34. The summed E-state index contributed by atoms with van der Waals surface area (Å²) in [6.07, 6.45) is 4.06. The molecular weight excluding hydrogens is 342 g/mol. The van der Waals surface area contributed by atoms with Gasteiger partial charge in [0.15, 0.2) is 5.96 Å². The summed E-state index contributed by atoms with van der Waals surface area (Å²) < 4.78 is 5.85. The van der Waals surface area contributed by atoms with Gasteiger partial charge in [0, 0.05) is 57.2 Å². The first-order valence-electron chi connectivity index (χ1n) is 9.82. The van der Waals surface area contributed by atoms with Crippen molar-refractivity contribution in [2.75, 3.05) is 50.7 Å². The Labute approximate surface area is 162 Å². The Bertz CT molecular complexity index is 618. The number of anilines is 1. The van der Waals surface area contributed by atoms with Gasteiger partial charge in [0.2, 0.25) is 5.95 Å². The highest BCUT2D eigenvalue weighted by Gasteiger charge is 2.33. The van der Waals surface area contributed by atoms with Crippen LogP contribution in [0.2, 0.25) is 0 Å². The molecule has 2 aliphatic heterocycles.